The fourth-order valence-electron chi connectivity index (χ4n) is 3.90. The number of hydrogen-bond donors (Lipinski definition) is 1. The van der Waals surface area contributed by atoms with Gasteiger partial charge in [0.1, 0.15) is 18.2 Å². The van der Waals surface area contributed by atoms with Crippen molar-refractivity contribution in [2.75, 3.05) is 0 Å². The van der Waals surface area contributed by atoms with Crippen molar-refractivity contribution in [3.63, 3.8) is 0 Å². The van der Waals surface area contributed by atoms with Crippen LogP contribution >= 0.6 is 0 Å². The molecule has 0 radical (unpaired) electrons. The van der Waals surface area contributed by atoms with Gasteiger partial charge < -0.3 is 14.8 Å². The number of carbonyl (C=O) groups is 2. The molecule has 1 heterocycles. The largest absolute Gasteiger partial charge is 0.345 e. The molecule has 0 saturated carbocycles. The van der Waals surface area contributed by atoms with Crippen molar-refractivity contribution in [1.82, 2.24) is 19.8 Å². The zero-order valence-corrected chi connectivity index (χ0v) is 19.2. The quantitative estimate of drug-likeness (QED) is 0.422. The normalized spacial score (nSPS) is 11.1. The average Bonchev–Trinajstić information content (AvgIpc) is 3.19. The second-order valence-corrected chi connectivity index (χ2v) is 8.37. The van der Waals surface area contributed by atoms with Gasteiger partial charge in [0, 0.05) is 12.6 Å². The van der Waals surface area contributed by atoms with Gasteiger partial charge in [-0.25, -0.2) is 9.37 Å². The highest BCUT2D eigenvalue weighted by Gasteiger charge is 2.21. The van der Waals surface area contributed by atoms with Gasteiger partial charge in [-0.1, -0.05) is 54.6 Å². The van der Waals surface area contributed by atoms with Crippen LogP contribution in [0.5, 0.6) is 0 Å². The van der Waals surface area contributed by atoms with Crippen LogP contribution in [0.3, 0.4) is 0 Å². The maximum absolute atomic E-state index is 14.0. The lowest BCUT2D eigenvalue weighted by Crippen LogP contribution is -2.39. The first-order chi connectivity index (χ1) is 16.4. The van der Waals surface area contributed by atoms with E-state index in [9.17, 15) is 14.0 Å². The van der Waals surface area contributed by atoms with Gasteiger partial charge >= 0.3 is 0 Å². The predicted octanol–water partition coefficient (Wildman–Crippen LogP) is 4.54. The van der Waals surface area contributed by atoms with Crippen LogP contribution in [-0.4, -0.2) is 32.3 Å². The van der Waals surface area contributed by atoms with Crippen molar-refractivity contribution in [3.05, 3.63) is 102 Å². The molecule has 0 unspecified atom stereocenters. The number of para-hydroxylation sites is 2. The van der Waals surface area contributed by atoms with Gasteiger partial charge in [-0.3, -0.25) is 9.59 Å². The molecule has 0 aliphatic carbocycles. The number of nitrogens with zero attached hydrogens (tertiary/aromatic N) is 3. The monoisotopic (exact) mass is 458 g/mol. The van der Waals surface area contributed by atoms with Gasteiger partial charge in [-0.2, -0.15) is 0 Å². The molecule has 2 amide bonds. The Balaban J connectivity index is 1.57. The van der Waals surface area contributed by atoms with Gasteiger partial charge in [-0.15, -0.1) is 0 Å². The number of hydrogen-bond acceptors (Lipinski definition) is 3. The minimum Gasteiger partial charge on any atom is -0.345 e. The molecule has 0 aliphatic rings. The molecule has 0 saturated heterocycles. The molecular formula is C27H27FN4O2. The van der Waals surface area contributed by atoms with Gasteiger partial charge in [0.25, 0.3) is 5.91 Å². The zero-order chi connectivity index (χ0) is 24.1. The first-order valence-corrected chi connectivity index (χ1v) is 11.2. The number of amides is 2. The van der Waals surface area contributed by atoms with Crippen LogP contribution in [0, 0.1) is 5.82 Å². The van der Waals surface area contributed by atoms with Crippen molar-refractivity contribution in [1.29, 1.82) is 0 Å². The minimum absolute atomic E-state index is 0.00620. The molecule has 174 valence electrons. The van der Waals surface area contributed by atoms with Crippen LogP contribution in [0.1, 0.15) is 35.6 Å². The highest BCUT2D eigenvalue weighted by Crippen LogP contribution is 2.18. The van der Waals surface area contributed by atoms with E-state index in [0.717, 1.165) is 16.6 Å². The third kappa shape index (κ3) is 5.14. The first kappa shape index (κ1) is 23.2. The summed E-state index contributed by atoms with van der Waals surface area (Å²) in [7, 11) is 0. The van der Waals surface area contributed by atoms with Crippen LogP contribution in [0.4, 0.5) is 4.39 Å². The topological polar surface area (TPSA) is 67.2 Å². The summed E-state index contributed by atoms with van der Waals surface area (Å²) in [5.74, 6) is -0.639. The molecule has 6 nitrogen and oxygen atoms in total. The van der Waals surface area contributed by atoms with E-state index in [1.165, 1.54) is 18.2 Å². The van der Waals surface area contributed by atoms with Crippen molar-refractivity contribution in [2.45, 2.75) is 39.5 Å². The molecule has 3 aromatic carbocycles. The second-order valence-electron chi connectivity index (χ2n) is 8.37. The summed E-state index contributed by atoms with van der Waals surface area (Å²) in [6, 6.07) is 23.2. The third-order valence-corrected chi connectivity index (χ3v) is 5.69. The second kappa shape index (κ2) is 10.3. The molecule has 0 bridgehead atoms. The Morgan fingerprint density at radius 1 is 0.971 bits per heavy atom. The van der Waals surface area contributed by atoms with E-state index in [4.69, 9.17) is 0 Å². The van der Waals surface area contributed by atoms with E-state index < -0.39 is 11.7 Å². The molecule has 0 spiro atoms. The summed E-state index contributed by atoms with van der Waals surface area (Å²) in [5.41, 5.74) is 2.55. The molecule has 4 rings (SSSR count). The Labute approximate surface area is 198 Å². The summed E-state index contributed by atoms with van der Waals surface area (Å²) >= 11 is 0. The summed E-state index contributed by atoms with van der Waals surface area (Å²) in [5, 5.41) is 2.74. The number of carbonyl (C=O) groups excluding carboxylic acids is 2. The van der Waals surface area contributed by atoms with E-state index in [1.54, 1.807) is 6.07 Å². The van der Waals surface area contributed by atoms with E-state index in [-0.39, 0.29) is 30.6 Å². The van der Waals surface area contributed by atoms with Crippen LogP contribution in [0.25, 0.3) is 11.0 Å². The SMILES string of the molecule is CC(C)N(Cc1ccccc1)C(=O)Cn1c(CNC(=O)c2ccccc2F)nc2ccccc21. The molecule has 1 aromatic heterocycles. The maximum Gasteiger partial charge on any atom is 0.254 e. The molecule has 4 aromatic rings. The van der Waals surface area contributed by atoms with E-state index in [2.05, 4.69) is 10.3 Å². The van der Waals surface area contributed by atoms with Gasteiger partial charge in [-0.05, 0) is 43.7 Å². The van der Waals surface area contributed by atoms with E-state index in [1.807, 2.05) is 77.9 Å². The number of aromatic nitrogens is 2. The fourth-order valence-corrected chi connectivity index (χ4v) is 3.90. The molecule has 0 aliphatic heterocycles. The number of nitrogens with one attached hydrogen (secondary N) is 1. The van der Waals surface area contributed by atoms with Crippen LogP contribution in [0.2, 0.25) is 0 Å². The Kier molecular flexibility index (Phi) is 7.01. The van der Waals surface area contributed by atoms with Gasteiger partial charge in [0.2, 0.25) is 5.91 Å². The lowest BCUT2D eigenvalue weighted by molar-refractivity contribution is -0.134. The molecule has 0 fully saturated rings. The highest BCUT2D eigenvalue weighted by molar-refractivity contribution is 5.94. The molecule has 34 heavy (non-hydrogen) atoms. The summed E-state index contributed by atoms with van der Waals surface area (Å²) in [4.78, 5) is 32.4. The molecule has 7 heteroatoms. The van der Waals surface area contributed by atoms with Crippen LogP contribution in [0.15, 0.2) is 78.9 Å². The number of fused-ring (bicyclic) bond motifs is 1. The summed E-state index contributed by atoms with van der Waals surface area (Å²) < 4.78 is 15.8. The van der Waals surface area contributed by atoms with Crippen LogP contribution in [-0.2, 0) is 24.4 Å². The van der Waals surface area contributed by atoms with Crippen molar-refractivity contribution >= 4 is 22.8 Å². The minimum atomic E-state index is -0.586. The zero-order valence-electron chi connectivity index (χ0n) is 19.2. The lowest BCUT2D eigenvalue weighted by atomic mass is 10.2. The summed E-state index contributed by atoms with van der Waals surface area (Å²) in [6.45, 7) is 4.63. The van der Waals surface area contributed by atoms with Crippen LogP contribution < -0.4 is 5.32 Å². The fraction of sp³-hybridized carbons (Fsp3) is 0.222. The van der Waals surface area contributed by atoms with E-state index in [0.29, 0.717) is 12.4 Å². The van der Waals surface area contributed by atoms with Crippen molar-refractivity contribution < 1.29 is 14.0 Å². The maximum atomic E-state index is 14.0. The van der Waals surface area contributed by atoms with Crippen molar-refractivity contribution in [2.24, 2.45) is 0 Å². The average molecular weight is 459 g/mol. The molecule has 0 atom stereocenters. The van der Waals surface area contributed by atoms with E-state index >= 15 is 0 Å². The standard InChI is InChI=1S/C27H27FN4O2/c1-19(2)31(17-20-10-4-3-5-11-20)26(33)18-32-24-15-9-8-14-23(24)30-25(32)16-29-27(34)21-12-6-7-13-22(21)28/h3-15,19H,16-18H2,1-2H3,(H,29,34). The summed E-state index contributed by atoms with van der Waals surface area (Å²) in [6.07, 6.45) is 0. The Morgan fingerprint density at radius 3 is 2.38 bits per heavy atom. The van der Waals surface area contributed by atoms with Crippen molar-refractivity contribution in [3.8, 4) is 0 Å². The number of halogens is 1. The number of imidazole rings is 1. The third-order valence-electron chi connectivity index (χ3n) is 5.69. The van der Waals surface area contributed by atoms with Gasteiger partial charge in [0.15, 0.2) is 0 Å². The smallest absolute Gasteiger partial charge is 0.254 e. The first-order valence-electron chi connectivity index (χ1n) is 11.2. The molecular weight excluding hydrogens is 431 g/mol. The number of rotatable bonds is 8. The highest BCUT2D eigenvalue weighted by atomic mass is 19.1. The lowest BCUT2D eigenvalue weighted by Gasteiger charge is -2.27. The van der Waals surface area contributed by atoms with Gasteiger partial charge in [0.05, 0.1) is 23.1 Å². The number of benzene rings is 3. The Bertz CT molecular complexity index is 1300. The molecule has 1 N–H and O–H groups in total. The Hall–Kier alpha value is -4.00. The Morgan fingerprint density at radius 2 is 1.65 bits per heavy atom. The predicted molar refractivity (Wildman–Crippen MR) is 129 cm³/mol.